The van der Waals surface area contributed by atoms with Gasteiger partial charge >= 0.3 is 5.97 Å². The molecule has 0 unspecified atom stereocenters. The van der Waals surface area contributed by atoms with Crippen LogP contribution in [-0.2, 0) is 39.9 Å². The van der Waals surface area contributed by atoms with Crippen LogP contribution in [-0.4, -0.2) is 11.1 Å². The monoisotopic (exact) mass is 672 g/mol. The largest absolute Gasteiger partial charge is 0.478 e. The smallest absolute Gasteiger partial charge is 0.336 e. The fourth-order valence-electron chi connectivity index (χ4n) is 8.17. The minimum absolute atomic E-state index is 0.0124. The van der Waals surface area contributed by atoms with E-state index in [1.165, 1.54) is 54.9 Å². The van der Waals surface area contributed by atoms with Crippen LogP contribution in [0, 0.1) is 0 Å². The third kappa shape index (κ3) is 6.44. The molecular weight excluding hydrogens is 615 g/mol. The summed E-state index contributed by atoms with van der Waals surface area (Å²) in [5.41, 5.74) is 10.7. The molecule has 1 N–H and O–H groups in total. The van der Waals surface area contributed by atoms with Crippen LogP contribution >= 0.6 is 7.92 Å². The van der Waals surface area contributed by atoms with Crippen molar-refractivity contribution in [1.82, 2.24) is 0 Å². The van der Waals surface area contributed by atoms with Crippen LogP contribution in [0.3, 0.4) is 0 Å². The van der Waals surface area contributed by atoms with E-state index in [0.29, 0.717) is 5.56 Å². The summed E-state index contributed by atoms with van der Waals surface area (Å²) in [5, 5.41) is 14.7. The summed E-state index contributed by atoms with van der Waals surface area (Å²) in [6.07, 6.45) is 3.82. The third-order valence-electron chi connectivity index (χ3n) is 11.2. The van der Waals surface area contributed by atoms with Crippen molar-refractivity contribution in [2.24, 2.45) is 0 Å². The lowest BCUT2D eigenvalue weighted by Gasteiger charge is -2.35. The molecule has 4 aromatic carbocycles. The maximum absolute atomic E-state index is 12.8. The average molecular weight is 673 g/mol. The molecule has 0 saturated carbocycles. The van der Waals surface area contributed by atoms with Crippen molar-refractivity contribution in [3.8, 4) is 0 Å². The zero-order valence-electron chi connectivity index (χ0n) is 32.1. The van der Waals surface area contributed by atoms with Crippen LogP contribution in [0.5, 0.6) is 0 Å². The molecule has 0 fully saturated rings. The lowest BCUT2D eigenvalue weighted by atomic mass is 9.75. The first-order valence-electron chi connectivity index (χ1n) is 18.2. The highest BCUT2D eigenvalue weighted by atomic mass is 31.1. The predicted molar refractivity (Wildman–Crippen MR) is 211 cm³/mol. The lowest BCUT2D eigenvalue weighted by Crippen LogP contribution is -2.34. The normalized spacial score (nSPS) is 17.9. The predicted octanol–water partition coefficient (Wildman–Crippen LogP) is 10.5. The van der Waals surface area contributed by atoms with Gasteiger partial charge < -0.3 is 5.11 Å². The first kappa shape index (κ1) is 35.6. The zero-order chi connectivity index (χ0) is 35.9. The molecule has 0 aromatic heterocycles. The second-order valence-corrected chi connectivity index (χ2v) is 21.1. The molecule has 2 aliphatic carbocycles. The van der Waals surface area contributed by atoms with Gasteiger partial charge in [-0.15, -0.1) is 0 Å². The van der Waals surface area contributed by atoms with Gasteiger partial charge in [-0.3, -0.25) is 0 Å². The fourth-order valence-corrected chi connectivity index (χ4v) is 10.9. The summed E-state index contributed by atoms with van der Waals surface area (Å²) >= 11 is 0. The maximum Gasteiger partial charge on any atom is 0.336 e. The topological polar surface area (TPSA) is 37.3 Å². The van der Waals surface area contributed by atoms with Crippen molar-refractivity contribution in [3.63, 3.8) is 0 Å². The van der Waals surface area contributed by atoms with E-state index < -0.39 is 13.9 Å². The molecule has 0 radical (unpaired) electrons. The fraction of sp³-hybridized carbons (Fsp3) is 0.457. The number of carbonyl (C=O) groups is 1. The van der Waals surface area contributed by atoms with Crippen molar-refractivity contribution in [1.29, 1.82) is 0 Å². The summed E-state index contributed by atoms with van der Waals surface area (Å²) < 4.78 is 0. The van der Waals surface area contributed by atoms with E-state index in [1.54, 1.807) is 0 Å². The van der Waals surface area contributed by atoms with Crippen LogP contribution < -0.4 is 15.9 Å². The Kier molecular flexibility index (Phi) is 8.68. The van der Waals surface area contributed by atoms with Gasteiger partial charge in [0.05, 0.1) is 5.56 Å². The Morgan fingerprint density at radius 3 is 1.35 bits per heavy atom. The first-order chi connectivity index (χ1) is 22.6. The number of hydrogen-bond donors (Lipinski definition) is 1. The highest BCUT2D eigenvalue weighted by Crippen LogP contribution is 2.55. The van der Waals surface area contributed by atoms with E-state index in [-0.39, 0.29) is 27.1 Å². The van der Waals surface area contributed by atoms with Gasteiger partial charge in [-0.25, -0.2) is 4.79 Å². The molecule has 2 nitrogen and oxygen atoms in total. The number of fused-ring (bicyclic) bond motifs is 4. The number of rotatable bonds is 4. The van der Waals surface area contributed by atoms with Crippen LogP contribution in [0.15, 0.2) is 72.8 Å². The number of aromatic carboxylic acids is 1. The number of carboxylic acid groups (broad SMARTS) is 1. The van der Waals surface area contributed by atoms with Gasteiger partial charge in [0.1, 0.15) is 0 Å². The van der Waals surface area contributed by atoms with Crippen molar-refractivity contribution >= 4 is 29.8 Å². The Morgan fingerprint density at radius 2 is 0.959 bits per heavy atom. The summed E-state index contributed by atoms with van der Waals surface area (Å²) in [7, 11) is -1.01. The second kappa shape index (κ2) is 11.9. The van der Waals surface area contributed by atoms with E-state index in [4.69, 9.17) is 0 Å². The summed E-state index contributed by atoms with van der Waals surface area (Å²) in [4.78, 5) is 12.8. The van der Waals surface area contributed by atoms with Crippen molar-refractivity contribution in [2.75, 3.05) is 0 Å². The summed E-state index contributed by atoms with van der Waals surface area (Å²) in [5.74, 6) is -0.813. The SMILES string of the molecule is CC(C)(C)c1cc(P(c2cc(C(C)(C)C)cc(C(C)(C)C)c2)c2cccc3c2[C@@]2(CCc4cccc(C(=O)O)c42)CC3)cc(C(C)(C)C)c1. The molecule has 0 saturated heterocycles. The van der Waals surface area contributed by atoms with Crippen molar-refractivity contribution < 1.29 is 9.90 Å². The second-order valence-electron chi connectivity index (χ2n) is 18.9. The van der Waals surface area contributed by atoms with Gasteiger partial charge in [0.25, 0.3) is 0 Å². The molecule has 49 heavy (non-hydrogen) atoms. The third-order valence-corrected chi connectivity index (χ3v) is 13.6. The zero-order valence-corrected chi connectivity index (χ0v) is 33.0. The minimum atomic E-state index is -1.01. The van der Waals surface area contributed by atoms with Gasteiger partial charge in [-0.2, -0.15) is 0 Å². The van der Waals surface area contributed by atoms with E-state index >= 15 is 0 Å². The molecule has 0 amide bonds. The Balaban J connectivity index is 1.74. The summed E-state index contributed by atoms with van der Waals surface area (Å²) in [6, 6.07) is 27.8. The average Bonchev–Trinajstić information content (AvgIpc) is 3.57. The van der Waals surface area contributed by atoms with Crippen LogP contribution in [0.1, 0.15) is 151 Å². The van der Waals surface area contributed by atoms with E-state index in [1.807, 2.05) is 12.1 Å². The number of aryl methyl sites for hydroxylation is 2. The Labute approximate surface area is 297 Å². The quantitative estimate of drug-likeness (QED) is 0.219. The summed E-state index contributed by atoms with van der Waals surface area (Å²) in [6.45, 7) is 28.0. The molecule has 2 aliphatic rings. The van der Waals surface area contributed by atoms with Gasteiger partial charge in [-0.05, 0) is 122 Å². The van der Waals surface area contributed by atoms with E-state index in [2.05, 4.69) is 144 Å². The van der Waals surface area contributed by atoms with Crippen molar-refractivity contribution in [3.05, 3.63) is 123 Å². The maximum atomic E-state index is 12.8. The van der Waals surface area contributed by atoms with Gasteiger partial charge in [-0.1, -0.05) is 150 Å². The first-order valence-corrected chi connectivity index (χ1v) is 19.6. The molecule has 6 rings (SSSR count). The molecule has 0 aliphatic heterocycles. The lowest BCUT2D eigenvalue weighted by molar-refractivity contribution is 0.0694. The van der Waals surface area contributed by atoms with Gasteiger partial charge in [0.15, 0.2) is 0 Å². The highest BCUT2D eigenvalue weighted by molar-refractivity contribution is 7.80. The molecule has 258 valence electrons. The van der Waals surface area contributed by atoms with E-state index in [0.717, 1.165) is 31.2 Å². The van der Waals surface area contributed by atoms with Crippen molar-refractivity contribution in [2.45, 2.75) is 136 Å². The Hall–Kier alpha value is -3.22. The molecule has 1 atom stereocenters. The highest BCUT2D eigenvalue weighted by Gasteiger charge is 2.49. The van der Waals surface area contributed by atoms with Crippen LogP contribution in [0.2, 0.25) is 0 Å². The van der Waals surface area contributed by atoms with Crippen LogP contribution in [0.25, 0.3) is 0 Å². The number of hydrogen-bond acceptors (Lipinski definition) is 1. The number of benzene rings is 4. The van der Waals surface area contributed by atoms with Gasteiger partial charge in [0, 0.05) is 5.41 Å². The molecular formula is C46H57O2P. The van der Waals surface area contributed by atoms with Gasteiger partial charge in [0.2, 0.25) is 0 Å². The van der Waals surface area contributed by atoms with E-state index in [9.17, 15) is 9.90 Å². The Morgan fingerprint density at radius 1 is 0.571 bits per heavy atom. The molecule has 4 aromatic rings. The minimum Gasteiger partial charge on any atom is -0.478 e. The molecule has 0 heterocycles. The molecule has 1 spiro atoms. The number of carboxylic acids is 1. The standard InChI is InChI=1S/C46H57O2P/c1-42(2,3)31-23-32(43(4,5)6)26-35(25-31)49(36-27-33(44(7,8)9)24-34(28-36)45(10,11)12)38-18-14-16-30-20-22-46(40(30)38)21-19-29-15-13-17-37(39(29)46)41(47)48/h13-18,23-28H,19-22H2,1-12H3,(H,47,48)/t46-/m0/s1. The van der Waals surface area contributed by atoms with Crippen LogP contribution in [0.4, 0.5) is 0 Å². The molecule has 3 heteroatoms. The Bertz CT molecular complexity index is 1790. The molecule has 0 bridgehead atoms.